The molecule has 0 bridgehead atoms. The molecule has 0 saturated heterocycles. The highest BCUT2D eigenvalue weighted by atomic mass is 15.5. The fourth-order valence-electron chi connectivity index (χ4n) is 2.62. The number of benzene rings is 3. The summed E-state index contributed by atoms with van der Waals surface area (Å²) in [6, 6.07) is 16.6. The van der Waals surface area contributed by atoms with Crippen molar-refractivity contribution in [1.29, 1.82) is 0 Å². The Morgan fingerprint density at radius 1 is 0.737 bits per heavy atom. The van der Waals surface area contributed by atoms with E-state index in [2.05, 4.69) is 53.2 Å². The van der Waals surface area contributed by atoms with E-state index >= 15 is 0 Å². The Morgan fingerprint density at radius 2 is 1.16 bits per heavy atom. The predicted octanol–water partition coefficient (Wildman–Crippen LogP) is 3.84. The number of rotatable bonds is 1. The molecule has 0 radical (unpaired) electrons. The van der Waals surface area contributed by atoms with Gasteiger partial charge in [0.2, 0.25) is 0 Å². The Balaban J connectivity index is 2.40. The van der Waals surface area contributed by atoms with Gasteiger partial charge in [0.1, 0.15) is 11.0 Å². The fraction of sp³-hybridized carbons (Fsp3) is 0. The van der Waals surface area contributed by atoms with Gasteiger partial charge in [-0.25, -0.2) is 0 Å². The number of hydrogen-bond acceptors (Lipinski definition) is 2. The number of aromatic nitrogens is 3. The maximum atomic E-state index is 4.50. The smallest absolute Gasteiger partial charge is 0.122 e. The molecule has 0 saturated carbocycles. The molecule has 1 heterocycles. The van der Waals surface area contributed by atoms with Crippen molar-refractivity contribution in [1.82, 2.24) is 15.0 Å². The van der Waals surface area contributed by atoms with E-state index in [0.29, 0.717) is 0 Å². The standard InChI is InChI=1S/C16H11N3/c1-2-19-17-15-13-9-5-3-7-11(13)12-8-4-6-10-14(12)16(15)18-19/h2-10H,1H2. The lowest BCUT2D eigenvalue weighted by atomic mass is 10.0. The second-order valence-corrected chi connectivity index (χ2v) is 4.49. The summed E-state index contributed by atoms with van der Waals surface area (Å²) in [6.07, 6.45) is 1.61. The Morgan fingerprint density at radius 3 is 1.58 bits per heavy atom. The molecule has 0 N–H and O–H groups in total. The second-order valence-electron chi connectivity index (χ2n) is 4.49. The molecule has 90 valence electrons. The molecule has 1 aromatic heterocycles. The summed E-state index contributed by atoms with van der Waals surface area (Å²) in [6.45, 7) is 3.72. The molecule has 0 aliphatic heterocycles. The Labute approximate surface area is 109 Å². The van der Waals surface area contributed by atoms with Gasteiger partial charge in [-0.15, -0.1) is 10.2 Å². The minimum Gasteiger partial charge on any atom is -0.158 e. The molecule has 3 aromatic carbocycles. The largest absolute Gasteiger partial charge is 0.158 e. The van der Waals surface area contributed by atoms with Crippen molar-refractivity contribution >= 4 is 38.8 Å². The molecule has 3 nitrogen and oxygen atoms in total. The number of fused-ring (bicyclic) bond motifs is 6. The second kappa shape index (κ2) is 3.65. The van der Waals surface area contributed by atoms with Crippen molar-refractivity contribution in [3.05, 3.63) is 55.1 Å². The van der Waals surface area contributed by atoms with Crippen LogP contribution < -0.4 is 0 Å². The minimum absolute atomic E-state index is 0.925. The summed E-state index contributed by atoms with van der Waals surface area (Å²) in [5, 5.41) is 13.7. The van der Waals surface area contributed by atoms with Crippen LogP contribution in [-0.2, 0) is 0 Å². The van der Waals surface area contributed by atoms with Crippen molar-refractivity contribution in [2.75, 3.05) is 0 Å². The summed E-state index contributed by atoms with van der Waals surface area (Å²) in [5.74, 6) is 0. The lowest BCUT2D eigenvalue weighted by molar-refractivity contribution is 0.814. The number of nitrogens with zero attached hydrogens (tertiary/aromatic N) is 3. The van der Waals surface area contributed by atoms with Crippen molar-refractivity contribution in [2.24, 2.45) is 0 Å². The summed E-state index contributed by atoms with van der Waals surface area (Å²) in [7, 11) is 0. The molecule has 0 aliphatic rings. The zero-order valence-electron chi connectivity index (χ0n) is 10.2. The summed E-state index contributed by atoms with van der Waals surface area (Å²) < 4.78 is 0. The van der Waals surface area contributed by atoms with Crippen LogP contribution in [0.15, 0.2) is 55.1 Å². The maximum absolute atomic E-state index is 4.50. The van der Waals surface area contributed by atoms with E-state index < -0.39 is 0 Å². The average Bonchev–Trinajstić information content (AvgIpc) is 2.92. The highest BCUT2D eigenvalue weighted by molar-refractivity contribution is 6.22. The van der Waals surface area contributed by atoms with E-state index in [-0.39, 0.29) is 0 Å². The Kier molecular flexibility index (Phi) is 1.97. The monoisotopic (exact) mass is 245 g/mol. The van der Waals surface area contributed by atoms with Gasteiger partial charge in [0.15, 0.2) is 0 Å². The highest BCUT2D eigenvalue weighted by Gasteiger charge is 2.11. The topological polar surface area (TPSA) is 30.7 Å². The van der Waals surface area contributed by atoms with Gasteiger partial charge >= 0.3 is 0 Å². The van der Waals surface area contributed by atoms with E-state index in [4.69, 9.17) is 0 Å². The molecule has 0 amide bonds. The van der Waals surface area contributed by atoms with Crippen molar-refractivity contribution in [3.63, 3.8) is 0 Å². The molecule has 0 atom stereocenters. The quantitative estimate of drug-likeness (QED) is 0.477. The third-order valence-corrected chi connectivity index (χ3v) is 3.45. The van der Waals surface area contributed by atoms with Crippen LogP contribution >= 0.6 is 0 Å². The van der Waals surface area contributed by atoms with Gasteiger partial charge < -0.3 is 0 Å². The molecular formula is C16H11N3. The van der Waals surface area contributed by atoms with Gasteiger partial charge in [-0.2, -0.15) is 4.80 Å². The van der Waals surface area contributed by atoms with E-state index in [1.54, 1.807) is 6.20 Å². The van der Waals surface area contributed by atoms with Crippen LogP contribution in [-0.4, -0.2) is 15.0 Å². The maximum Gasteiger partial charge on any atom is 0.122 e. The van der Waals surface area contributed by atoms with Gasteiger partial charge in [0, 0.05) is 17.0 Å². The van der Waals surface area contributed by atoms with E-state index in [0.717, 1.165) is 21.8 Å². The normalized spacial score (nSPS) is 11.4. The first-order valence-corrected chi connectivity index (χ1v) is 6.17. The molecule has 4 aromatic rings. The van der Waals surface area contributed by atoms with Crippen molar-refractivity contribution in [3.8, 4) is 0 Å². The molecule has 0 spiro atoms. The molecule has 0 unspecified atom stereocenters. The van der Waals surface area contributed by atoms with Crippen molar-refractivity contribution in [2.45, 2.75) is 0 Å². The van der Waals surface area contributed by atoms with Gasteiger partial charge in [0.05, 0.1) is 0 Å². The van der Waals surface area contributed by atoms with Crippen LogP contribution in [0, 0.1) is 0 Å². The van der Waals surface area contributed by atoms with Crippen LogP contribution in [0.5, 0.6) is 0 Å². The van der Waals surface area contributed by atoms with Gasteiger partial charge in [-0.1, -0.05) is 55.1 Å². The van der Waals surface area contributed by atoms with E-state index in [1.165, 1.54) is 15.6 Å². The van der Waals surface area contributed by atoms with Gasteiger partial charge in [-0.3, -0.25) is 0 Å². The average molecular weight is 245 g/mol. The molecular weight excluding hydrogens is 234 g/mol. The first-order chi connectivity index (χ1) is 9.38. The SMILES string of the molecule is C=Cn1nc2c3ccccc3c3ccccc3c2n1. The van der Waals surface area contributed by atoms with Gasteiger partial charge in [0.25, 0.3) is 0 Å². The summed E-state index contributed by atoms with van der Waals surface area (Å²) in [4.78, 5) is 1.53. The van der Waals surface area contributed by atoms with Crippen LogP contribution in [0.4, 0.5) is 0 Å². The molecule has 4 rings (SSSR count). The minimum atomic E-state index is 0.925. The van der Waals surface area contributed by atoms with Crippen LogP contribution in [0.25, 0.3) is 38.8 Å². The molecule has 0 fully saturated rings. The zero-order valence-corrected chi connectivity index (χ0v) is 10.2. The Bertz CT molecular complexity index is 862. The van der Waals surface area contributed by atoms with Crippen LogP contribution in [0.1, 0.15) is 0 Å². The lowest BCUT2D eigenvalue weighted by Gasteiger charge is -2.04. The van der Waals surface area contributed by atoms with Crippen LogP contribution in [0.3, 0.4) is 0 Å². The Hall–Kier alpha value is -2.68. The number of hydrogen-bond donors (Lipinski definition) is 0. The van der Waals surface area contributed by atoms with E-state index in [1.807, 2.05) is 12.1 Å². The van der Waals surface area contributed by atoms with E-state index in [9.17, 15) is 0 Å². The lowest BCUT2D eigenvalue weighted by Crippen LogP contribution is -1.88. The third kappa shape index (κ3) is 1.32. The molecule has 19 heavy (non-hydrogen) atoms. The summed E-state index contributed by atoms with van der Waals surface area (Å²) in [5.41, 5.74) is 1.85. The van der Waals surface area contributed by atoms with Crippen LogP contribution in [0.2, 0.25) is 0 Å². The van der Waals surface area contributed by atoms with Crippen molar-refractivity contribution < 1.29 is 0 Å². The summed E-state index contributed by atoms with van der Waals surface area (Å²) >= 11 is 0. The molecule has 3 heteroatoms. The third-order valence-electron chi connectivity index (χ3n) is 3.45. The van der Waals surface area contributed by atoms with Gasteiger partial charge in [-0.05, 0) is 10.8 Å². The zero-order chi connectivity index (χ0) is 12.8. The first-order valence-electron chi connectivity index (χ1n) is 6.17. The predicted molar refractivity (Wildman–Crippen MR) is 78.9 cm³/mol. The molecule has 0 aliphatic carbocycles. The fourth-order valence-corrected chi connectivity index (χ4v) is 2.62. The first kappa shape index (κ1) is 10.3. The highest BCUT2D eigenvalue weighted by Crippen LogP contribution is 2.32.